The summed E-state index contributed by atoms with van der Waals surface area (Å²) in [4.78, 5) is 12.3. The number of anilines is 1. The van der Waals surface area contributed by atoms with E-state index in [0.717, 1.165) is 29.6 Å². The van der Waals surface area contributed by atoms with Crippen LogP contribution in [0.15, 0.2) is 78.0 Å². The van der Waals surface area contributed by atoms with Gasteiger partial charge < -0.3 is 5.32 Å². The third kappa shape index (κ3) is 4.77. The number of carbonyl (C=O) groups excluding carboxylic acids is 1. The highest BCUT2D eigenvalue weighted by molar-refractivity contribution is 7.99. The van der Waals surface area contributed by atoms with Gasteiger partial charge in [-0.25, -0.2) is 13.2 Å². The van der Waals surface area contributed by atoms with Crippen molar-refractivity contribution in [1.29, 1.82) is 0 Å². The van der Waals surface area contributed by atoms with Crippen LogP contribution < -0.4 is 5.32 Å². The molecule has 1 heterocycles. The van der Waals surface area contributed by atoms with E-state index < -0.39 is 17.5 Å². The molecule has 3 aromatic carbocycles. The fraction of sp³-hybridized carbons (Fsp3) is 0.0455. The first-order chi connectivity index (χ1) is 15.0. The van der Waals surface area contributed by atoms with Crippen molar-refractivity contribution < 1.29 is 18.0 Å². The Morgan fingerprint density at radius 3 is 2.35 bits per heavy atom. The van der Waals surface area contributed by atoms with Crippen LogP contribution in [0.4, 0.5) is 18.9 Å². The monoisotopic (exact) mass is 440 g/mol. The summed E-state index contributed by atoms with van der Waals surface area (Å²) in [5.74, 6) is -2.35. The number of thioether (sulfide) groups is 1. The van der Waals surface area contributed by atoms with Gasteiger partial charge in [-0.05, 0) is 48.5 Å². The van der Waals surface area contributed by atoms with E-state index in [4.69, 9.17) is 0 Å². The van der Waals surface area contributed by atoms with Crippen molar-refractivity contribution in [3.8, 4) is 17.1 Å². The van der Waals surface area contributed by atoms with Gasteiger partial charge in [0.1, 0.15) is 5.82 Å². The van der Waals surface area contributed by atoms with Crippen LogP contribution in [0.3, 0.4) is 0 Å². The first kappa shape index (κ1) is 20.7. The van der Waals surface area contributed by atoms with E-state index >= 15 is 0 Å². The average Bonchev–Trinajstić information content (AvgIpc) is 3.20. The van der Waals surface area contributed by atoms with Crippen molar-refractivity contribution in [1.82, 2.24) is 14.8 Å². The Morgan fingerprint density at radius 2 is 1.65 bits per heavy atom. The van der Waals surface area contributed by atoms with Gasteiger partial charge in [0.2, 0.25) is 5.91 Å². The van der Waals surface area contributed by atoms with E-state index in [1.165, 1.54) is 18.2 Å². The van der Waals surface area contributed by atoms with Crippen LogP contribution in [0.5, 0.6) is 0 Å². The molecule has 1 aromatic heterocycles. The largest absolute Gasteiger partial charge is 0.325 e. The molecule has 0 spiro atoms. The lowest BCUT2D eigenvalue weighted by atomic mass is 10.2. The topological polar surface area (TPSA) is 59.8 Å². The first-order valence-electron chi connectivity index (χ1n) is 9.16. The Morgan fingerprint density at radius 1 is 0.903 bits per heavy atom. The van der Waals surface area contributed by atoms with E-state index in [2.05, 4.69) is 15.5 Å². The Balaban J connectivity index is 1.57. The number of para-hydroxylation sites is 1. The molecule has 4 aromatic rings. The maximum atomic E-state index is 13.3. The molecular formula is C22H15F3N4OS. The molecule has 0 unspecified atom stereocenters. The Labute approximate surface area is 179 Å². The maximum absolute atomic E-state index is 13.3. The highest BCUT2D eigenvalue weighted by atomic mass is 32.2. The molecule has 0 aliphatic carbocycles. The van der Waals surface area contributed by atoms with Crippen LogP contribution in [0.2, 0.25) is 0 Å². The lowest BCUT2D eigenvalue weighted by Gasteiger charge is -2.10. The summed E-state index contributed by atoms with van der Waals surface area (Å²) in [6, 6.07) is 18.3. The van der Waals surface area contributed by atoms with E-state index in [1.807, 2.05) is 30.3 Å². The first-order valence-corrected chi connectivity index (χ1v) is 10.1. The van der Waals surface area contributed by atoms with Gasteiger partial charge in [-0.2, -0.15) is 0 Å². The van der Waals surface area contributed by atoms with Gasteiger partial charge in [0.25, 0.3) is 0 Å². The molecule has 0 atom stereocenters. The molecule has 0 saturated heterocycles. The predicted octanol–water partition coefficient (Wildman–Crippen LogP) is 5.08. The third-order valence-corrected chi connectivity index (χ3v) is 5.21. The minimum absolute atomic E-state index is 0.0343. The predicted molar refractivity (Wildman–Crippen MR) is 112 cm³/mol. The van der Waals surface area contributed by atoms with Crippen molar-refractivity contribution in [2.24, 2.45) is 0 Å². The molecular weight excluding hydrogens is 425 g/mol. The van der Waals surface area contributed by atoms with Crippen LogP contribution in [0.1, 0.15) is 0 Å². The number of halogens is 3. The number of carbonyl (C=O) groups is 1. The van der Waals surface area contributed by atoms with Gasteiger partial charge in [-0.1, -0.05) is 30.0 Å². The van der Waals surface area contributed by atoms with E-state index in [0.29, 0.717) is 16.5 Å². The van der Waals surface area contributed by atoms with Crippen LogP contribution in [0.25, 0.3) is 17.1 Å². The number of nitrogens with one attached hydrogen (secondary N) is 1. The minimum Gasteiger partial charge on any atom is -0.325 e. The van der Waals surface area contributed by atoms with Gasteiger partial charge in [0.15, 0.2) is 22.6 Å². The zero-order valence-corrected chi connectivity index (χ0v) is 16.7. The van der Waals surface area contributed by atoms with Crippen molar-refractivity contribution >= 4 is 23.4 Å². The molecule has 5 nitrogen and oxygen atoms in total. The molecule has 0 fully saturated rings. The van der Waals surface area contributed by atoms with Gasteiger partial charge in [0.05, 0.1) is 5.75 Å². The highest BCUT2D eigenvalue weighted by Gasteiger charge is 2.17. The second-order valence-corrected chi connectivity index (χ2v) is 7.39. The zero-order chi connectivity index (χ0) is 21.8. The molecule has 0 bridgehead atoms. The summed E-state index contributed by atoms with van der Waals surface area (Å²) < 4.78 is 41.5. The lowest BCUT2D eigenvalue weighted by Crippen LogP contribution is -2.15. The second-order valence-electron chi connectivity index (χ2n) is 6.45. The number of benzene rings is 3. The number of aromatic nitrogens is 3. The maximum Gasteiger partial charge on any atom is 0.234 e. The van der Waals surface area contributed by atoms with Crippen LogP contribution >= 0.6 is 11.8 Å². The molecule has 0 aliphatic heterocycles. The van der Waals surface area contributed by atoms with Crippen molar-refractivity contribution in [2.75, 3.05) is 11.1 Å². The Kier molecular flexibility index (Phi) is 6.03. The molecule has 1 N–H and O–H groups in total. The molecule has 4 rings (SSSR count). The van der Waals surface area contributed by atoms with Crippen LogP contribution in [-0.2, 0) is 4.79 Å². The van der Waals surface area contributed by atoms with E-state index in [-0.39, 0.29) is 17.3 Å². The van der Waals surface area contributed by atoms with Crippen molar-refractivity contribution in [2.45, 2.75) is 5.16 Å². The summed E-state index contributed by atoms with van der Waals surface area (Å²) in [5, 5.41) is 11.4. The fourth-order valence-corrected chi connectivity index (χ4v) is 3.61. The lowest BCUT2D eigenvalue weighted by molar-refractivity contribution is -0.113. The summed E-state index contributed by atoms with van der Waals surface area (Å²) in [7, 11) is 0. The standard InChI is InChI=1S/C22H15F3N4OS/c23-15-8-6-14(7-9-15)21-27-28-22(29(21)17-4-2-1-3-5-17)31-13-20(30)26-16-10-11-18(24)19(25)12-16/h1-12H,13H2,(H,26,30). The number of hydrogen-bond acceptors (Lipinski definition) is 4. The Bertz CT molecular complexity index is 1210. The van der Waals surface area contributed by atoms with Crippen LogP contribution in [-0.4, -0.2) is 26.4 Å². The molecule has 1 amide bonds. The van der Waals surface area contributed by atoms with Gasteiger partial charge in [-0.15, -0.1) is 10.2 Å². The smallest absolute Gasteiger partial charge is 0.234 e. The van der Waals surface area contributed by atoms with Crippen molar-refractivity contribution in [3.05, 3.63) is 90.2 Å². The van der Waals surface area contributed by atoms with Crippen LogP contribution in [0, 0.1) is 17.5 Å². The summed E-state index contributed by atoms with van der Waals surface area (Å²) in [5.41, 5.74) is 1.59. The quantitative estimate of drug-likeness (QED) is 0.425. The number of nitrogens with zero attached hydrogens (tertiary/aromatic N) is 3. The Hall–Kier alpha value is -3.59. The van der Waals surface area contributed by atoms with Gasteiger partial charge in [0, 0.05) is 23.0 Å². The molecule has 156 valence electrons. The van der Waals surface area contributed by atoms with Gasteiger partial charge in [-0.3, -0.25) is 9.36 Å². The average molecular weight is 440 g/mol. The highest BCUT2D eigenvalue weighted by Crippen LogP contribution is 2.28. The fourth-order valence-electron chi connectivity index (χ4n) is 2.86. The van der Waals surface area contributed by atoms with Crippen molar-refractivity contribution in [3.63, 3.8) is 0 Å². The zero-order valence-electron chi connectivity index (χ0n) is 15.9. The number of hydrogen-bond donors (Lipinski definition) is 1. The molecule has 31 heavy (non-hydrogen) atoms. The number of rotatable bonds is 6. The molecule has 0 aliphatic rings. The minimum atomic E-state index is -1.04. The third-order valence-electron chi connectivity index (χ3n) is 4.29. The summed E-state index contributed by atoms with van der Waals surface area (Å²) in [6.45, 7) is 0. The number of amides is 1. The molecule has 0 radical (unpaired) electrons. The SMILES string of the molecule is O=C(CSc1nnc(-c2ccc(F)cc2)n1-c1ccccc1)Nc1ccc(F)c(F)c1. The van der Waals surface area contributed by atoms with E-state index in [9.17, 15) is 18.0 Å². The van der Waals surface area contributed by atoms with Gasteiger partial charge >= 0.3 is 0 Å². The second kappa shape index (κ2) is 9.05. The molecule has 0 saturated carbocycles. The summed E-state index contributed by atoms with van der Waals surface area (Å²) >= 11 is 1.13. The molecule has 9 heteroatoms. The summed E-state index contributed by atoms with van der Waals surface area (Å²) in [6.07, 6.45) is 0. The normalized spacial score (nSPS) is 10.8. The van der Waals surface area contributed by atoms with E-state index in [1.54, 1.807) is 16.7 Å².